The fourth-order valence-electron chi connectivity index (χ4n) is 2.31. The number of ether oxygens (including phenoxy) is 3. The molecule has 2 aliphatic rings. The summed E-state index contributed by atoms with van der Waals surface area (Å²) in [6.07, 6.45) is 8.17. The smallest absolute Gasteiger partial charge is 0.337 e. The van der Waals surface area contributed by atoms with E-state index in [1.807, 2.05) is 0 Å². The molecule has 7 nitrogen and oxygen atoms in total. The van der Waals surface area contributed by atoms with E-state index in [0.717, 1.165) is 0 Å². The fraction of sp³-hybridized carbons (Fsp3) is 0.267. The van der Waals surface area contributed by atoms with Crippen LogP contribution in [0.25, 0.3) is 0 Å². The lowest BCUT2D eigenvalue weighted by Crippen LogP contribution is -2.36. The van der Waals surface area contributed by atoms with Gasteiger partial charge in [0.15, 0.2) is 0 Å². The predicted molar refractivity (Wildman–Crippen MR) is 74.8 cm³/mol. The zero-order valence-electron chi connectivity index (χ0n) is 12.4. The largest absolute Gasteiger partial charge is 0.468 e. The molecule has 2 aliphatic heterocycles. The van der Waals surface area contributed by atoms with E-state index in [1.165, 1.54) is 27.5 Å². The first-order chi connectivity index (χ1) is 10.5. The van der Waals surface area contributed by atoms with E-state index in [0.29, 0.717) is 5.70 Å². The Bertz CT molecular complexity index is 640. The van der Waals surface area contributed by atoms with Crippen LogP contribution < -0.4 is 0 Å². The minimum atomic E-state index is -1.20. The number of carbonyl (C=O) groups is 3. The van der Waals surface area contributed by atoms with Gasteiger partial charge in [-0.2, -0.15) is 0 Å². The summed E-state index contributed by atoms with van der Waals surface area (Å²) in [6.45, 7) is 0. The molecule has 0 aromatic rings. The van der Waals surface area contributed by atoms with Gasteiger partial charge in [-0.25, -0.2) is 9.59 Å². The molecule has 22 heavy (non-hydrogen) atoms. The van der Waals surface area contributed by atoms with Crippen LogP contribution in [0.15, 0.2) is 47.5 Å². The van der Waals surface area contributed by atoms with Gasteiger partial charge in [-0.3, -0.25) is 4.79 Å². The van der Waals surface area contributed by atoms with Gasteiger partial charge in [0.25, 0.3) is 0 Å². The monoisotopic (exact) mass is 305 g/mol. The molecular formula is C15H15NO6. The van der Waals surface area contributed by atoms with E-state index in [2.05, 4.69) is 0 Å². The van der Waals surface area contributed by atoms with Gasteiger partial charge in [-0.15, -0.1) is 0 Å². The quantitative estimate of drug-likeness (QED) is 0.559. The van der Waals surface area contributed by atoms with Crippen LogP contribution in [0, 0.1) is 5.92 Å². The van der Waals surface area contributed by atoms with Crippen LogP contribution in [0.2, 0.25) is 0 Å². The molecule has 2 rings (SSSR count). The average Bonchev–Trinajstić information content (AvgIpc) is 2.57. The minimum absolute atomic E-state index is 0.00144. The van der Waals surface area contributed by atoms with Crippen LogP contribution in [0.4, 0.5) is 0 Å². The van der Waals surface area contributed by atoms with Gasteiger partial charge in [0.05, 0.1) is 38.2 Å². The third-order valence-electron chi connectivity index (χ3n) is 3.31. The number of esters is 3. The van der Waals surface area contributed by atoms with Gasteiger partial charge in [0, 0.05) is 12.4 Å². The zero-order chi connectivity index (χ0) is 16.3. The van der Waals surface area contributed by atoms with E-state index in [-0.39, 0.29) is 11.1 Å². The van der Waals surface area contributed by atoms with Crippen molar-refractivity contribution in [2.24, 2.45) is 5.92 Å². The number of methoxy groups -OCH3 is 3. The Morgan fingerprint density at radius 3 is 2.27 bits per heavy atom. The highest BCUT2D eigenvalue weighted by Crippen LogP contribution is 2.35. The number of allylic oxidation sites excluding steroid dienone is 3. The van der Waals surface area contributed by atoms with Crippen LogP contribution in [0.5, 0.6) is 0 Å². The van der Waals surface area contributed by atoms with Gasteiger partial charge in [0.2, 0.25) is 0 Å². The number of hydrogen-bond donors (Lipinski definition) is 0. The van der Waals surface area contributed by atoms with Crippen molar-refractivity contribution in [2.75, 3.05) is 21.3 Å². The molecule has 0 aromatic heterocycles. The summed E-state index contributed by atoms with van der Waals surface area (Å²) in [5.74, 6) is -3.39. The molecule has 0 bridgehead atoms. The average molecular weight is 305 g/mol. The van der Waals surface area contributed by atoms with Crippen molar-refractivity contribution >= 4 is 17.9 Å². The van der Waals surface area contributed by atoms with Gasteiger partial charge < -0.3 is 19.1 Å². The molecule has 0 saturated heterocycles. The van der Waals surface area contributed by atoms with Crippen LogP contribution >= 0.6 is 0 Å². The van der Waals surface area contributed by atoms with Crippen molar-refractivity contribution in [3.63, 3.8) is 0 Å². The molecule has 2 heterocycles. The molecule has 1 atom stereocenters. The van der Waals surface area contributed by atoms with Gasteiger partial charge in [-0.05, 0) is 12.2 Å². The highest BCUT2D eigenvalue weighted by atomic mass is 16.5. The molecule has 0 amide bonds. The second-order valence-electron chi connectivity index (χ2n) is 4.43. The Labute approximate surface area is 127 Å². The summed E-state index contributed by atoms with van der Waals surface area (Å²) in [5.41, 5.74) is 0.466. The molecule has 0 spiro atoms. The highest BCUT2D eigenvalue weighted by Gasteiger charge is 2.42. The summed E-state index contributed by atoms with van der Waals surface area (Å²) >= 11 is 0. The van der Waals surface area contributed by atoms with E-state index in [1.54, 1.807) is 29.3 Å². The van der Waals surface area contributed by atoms with Crippen LogP contribution in [-0.2, 0) is 28.6 Å². The Morgan fingerprint density at radius 2 is 1.68 bits per heavy atom. The predicted octanol–water partition coefficient (Wildman–Crippen LogP) is 0.659. The molecule has 0 unspecified atom stereocenters. The summed E-state index contributed by atoms with van der Waals surface area (Å²) in [6, 6.07) is 0. The molecular weight excluding hydrogens is 290 g/mol. The summed E-state index contributed by atoms with van der Waals surface area (Å²) in [5, 5.41) is 0. The molecule has 0 aliphatic carbocycles. The highest BCUT2D eigenvalue weighted by molar-refractivity contribution is 6.05. The first kappa shape index (κ1) is 15.6. The Kier molecular flexibility index (Phi) is 4.45. The third-order valence-corrected chi connectivity index (χ3v) is 3.31. The number of fused-ring (bicyclic) bond motifs is 1. The van der Waals surface area contributed by atoms with E-state index in [9.17, 15) is 14.4 Å². The molecule has 0 N–H and O–H groups in total. The SMILES string of the molecule is COC(=O)C1=CN2C=CC=CC2=C(C(=O)OC)[C@H]1C(=O)OC. The molecule has 0 fully saturated rings. The van der Waals surface area contributed by atoms with Crippen LogP contribution in [-0.4, -0.2) is 44.1 Å². The maximum atomic E-state index is 12.2. The van der Waals surface area contributed by atoms with Gasteiger partial charge >= 0.3 is 17.9 Å². The zero-order valence-corrected chi connectivity index (χ0v) is 12.4. The van der Waals surface area contributed by atoms with Crippen molar-refractivity contribution in [2.45, 2.75) is 0 Å². The van der Waals surface area contributed by atoms with Crippen molar-refractivity contribution in [3.8, 4) is 0 Å². The number of hydrogen-bond acceptors (Lipinski definition) is 7. The van der Waals surface area contributed by atoms with Crippen molar-refractivity contribution in [1.29, 1.82) is 0 Å². The van der Waals surface area contributed by atoms with Crippen molar-refractivity contribution in [3.05, 3.63) is 47.5 Å². The Morgan fingerprint density at radius 1 is 1.00 bits per heavy atom. The minimum Gasteiger partial charge on any atom is -0.468 e. The standard InChI is InChI=1S/C15H15NO6/c1-20-13(17)9-8-16-7-5-4-6-10(16)12(15(19)22-3)11(9)14(18)21-2/h4-8,11H,1-3H3/t11-/m0/s1. The van der Waals surface area contributed by atoms with E-state index < -0.39 is 23.8 Å². The summed E-state index contributed by atoms with van der Waals surface area (Å²) in [7, 11) is 3.58. The topological polar surface area (TPSA) is 82.1 Å². The first-order valence-electron chi connectivity index (χ1n) is 6.38. The van der Waals surface area contributed by atoms with Crippen molar-refractivity contribution < 1.29 is 28.6 Å². The number of nitrogens with zero attached hydrogens (tertiary/aromatic N) is 1. The third kappa shape index (κ3) is 2.52. The summed E-state index contributed by atoms with van der Waals surface area (Å²) in [4.78, 5) is 37.8. The second-order valence-corrected chi connectivity index (χ2v) is 4.43. The first-order valence-corrected chi connectivity index (χ1v) is 6.38. The van der Waals surface area contributed by atoms with Gasteiger partial charge in [-0.1, -0.05) is 6.08 Å². The number of carbonyl (C=O) groups excluding carboxylic acids is 3. The fourth-order valence-corrected chi connectivity index (χ4v) is 2.31. The lowest BCUT2D eigenvalue weighted by Gasteiger charge is -2.31. The lowest BCUT2D eigenvalue weighted by atomic mass is 9.86. The van der Waals surface area contributed by atoms with E-state index in [4.69, 9.17) is 14.2 Å². The Hall–Kier alpha value is -2.83. The summed E-state index contributed by atoms with van der Waals surface area (Å²) < 4.78 is 14.2. The molecule has 7 heteroatoms. The van der Waals surface area contributed by atoms with Crippen LogP contribution in [0.3, 0.4) is 0 Å². The lowest BCUT2D eigenvalue weighted by molar-refractivity contribution is -0.148. The van der Waals surface area contributed by atoms with Crippen molar-refractivity contribution in [1.82, 2.24) is 4.90 Å². The Balaban J connectivity index is 2.64. The van der Waals surface area contributed by atoms with Crippen LogP contribution in [0.1, 0.15) is 0 Å². The van der Waals surface area contributed by atoms with Gasteiger partial charge in [0.1, 0.15) is 5.92 Å². The van der Waals surface area contributed by atoms with E-state index >= 15 is 0 Å². The maximum absolute atomic E-state index is 12.2. The number of rotatable bonds is 3. The molecule has 0 aromatic carbocycles. The normalized spacial score (nSPS) is 19.3. The molecule has 0 saturated carbocycles. The molecule has 116 valence electrons. The maximum Gasteiger partial charge on any atom is 0.337 e. The second kappa shape index (κ2) is 6.30. The molecule has 0 radical (unpaired) electrons.